The normalized spacial score (nSPS) is 19.3. The molecule has 0 amide bonds. The van der Waals surface area contributed by atoms with Crippen LogP contribution in [0.1, 0.15) is 45.1 Å². The van der Waals surface area contributed by atoms with Crippen molar-refractivity contribution in [3.05, 3.63) is 33.8 Å². The first-order valence-corrected chi connectivity index (χ1v) is 8.61. The van der Waals surface area contributed by atoms with Gasteiger partial charge in [-0.2, -0.15) is 0 Å². The molecule has 1 aromatic rings. The van der Waals surface area contributed by atoms with Gasteiger partial charge in [0.2, 0.25) is 0 Å². The highest BCUT2D eigenvalue weighted by Crippen LogP contribution is 2.27. The predicted molar refractivity (Wildman–Crippen MR) is 92.3 cm³/mol. The van der Waals surface area contributed by atoms with Crippen LogP contribution in [-0.4, -0.2) is 29.6 Å². The Hall–Kier alpha value is -0.280. The Bertz CT molecular complexity index is 466. The van der Waals surface area contributed by atoms with Crippen LogP contribution in [0.2, 0.25) is 10.0 Å². The first-order chi connectivity index (χ1) is 9.91. The summed E-state index contributed by atoms with van der Waals surface area (Å²) in [6.07, 6.45) is 5.97. The summed E-state index contributed by atoms with van der Waals surface area (Å²) in [5.74, 6) is 0. The van der Waals surface area contributed by atoms with Crippen molar-refractivity contribution in [2.24, 2.45) is 5.73 Å². The maximum atomic E-state index is 6.54. The number of likely N-dealkylation sites (tertiary alicyclic amines) is 1. The van der Waals surface area contributed by atoms with E-state index in [1.165, 1.54) is 25.7 Å². The highest BCUT2D eigenvalue weighted by atomic mass is 35.5. The van der Waals surface area contributed by atoms with Gasteiger partial charge in [0, 0.05) is 21.6 Å². The molecule has 118 valence electrons. The van der Waals surface area contributed by atoms with Crippen LogP contribution in [0, 0.1) is 0 Å². The Balaban J connectivity index is 2.09. The van der Waals surface area contributed by atoms with Crippen LogP contribution < -0.4 is 5.73 Å². The predicted octanol–water partition coefficient (Wildman–Crippen LogP) is 4.52. The topological polar surface area (TPSA) is 29.3 Å². The van der Waals surface area contributed by atoms with Crippen LogP contribution in [0.5, 0.6) is 0 Å². The molecule has 2 nitrogen and oxygen atoms in total. The zero-order chi connectivity index (χ0) is 15.5. The molecule has 1 atom stereocenters. The van der Waals surface area contributed by atoms with Crippen LogP contribution in [0.25, 0.3) is 0 Å². The Kier molecular flexibility index (Phi) is 5.96. The largest absolute Gasteiger partial charge is 0.326 e. The molecular formula is C17H26Cl2N2. The molecule has 1 unspecified atom stereocenters. The van der Waals surface area contributed by atoms with Crippen molar-refractivity contribution in [2.75, 3.05) is 13.1 Å². The molecule has 21 heavy (non-hydrogen) atoms. The highest BCUT2D eigenvalue weighted by Gasteiger charge is 2.33. The van der Waals surface area contributed by atoms with Crippen molar-refractivity contribution in [1.82, 2.24) is 4.90 Å². The van der Waals surface area contributed by atoms with Crippen molar-refractivity contribution in [3.8, 4) is 0 Å². The zero-order valence-electron chi connectivity index (χ0n) is 13.0. The highest BCUT2D eigenvalue weighted by molar-refractivity contribution is 6.33. The Morgan fingerprint density at radius 2 is 1.76 bits per heavy atom. The van der Waals surface area contributed by atoms with E-state index in [-0.39, 0.29) is 11.6 Å². The van der Waals surface area contributed by atoms with Crippen LogP contribution in [0.15, 0.2) is 18.2 Å². The lowest BCUT2D eigenvalue weighted by Gasteiger charge is -2.42. The quantitative estimate of drug-likeness (QED) is 0.880. The molecule has 4 heteroatoms. The maximum Gasteiger partial charge on any atom is 0.0439 e. The number of hydrogen-bond acceptors (Lipinski definition) is 2. The first kappa shape index (κ1) is 17.1. The Morgan fingerprint density at radius 3 is 2.38 bits per heavy atom. The monoisotopic (exact) mass is 328 g/mol. The molecule has 0 saturated carbocycles. The molecule has 0 aromatic heterocycles. The van der Waals surface area contributed by atoms with Crippen LogP contribution >= 0.6 is 23.2 Å². The molecule has 1 heterocycles. The number of nitrogens with two attached hydrogens (primary N) is 1. The van der Waals surface area contributed by atoms with E-state index in [0.29, 0.717) is 5.02 Å². The van der Waals surface area contributed by atoms with Gasteiger partial charge in [-0.3, -0.25) is 4.90 Å². The Labute approximate surface area is 138 Å². The van der Waals surface area contributed by atoms with Gasteiger partial charge in [0.1, 0.15) is 0 Å². The fourth-order valence-electron chi connectivity index (χ4n) is 3.07. The van der Waals surface area contributed by atoms with Crippen molar-refractivity contribution in [1.29, 1.82) is 0 Å². The van der Waals surface area contributed by atoms with E-state index in [4.69, 9.17) is 28.9 Å². The molecule has 1 saturated heterocycles. The summed E-state index contributed by atoms with van der Waals surface area (Å²) in [5.41, 5.74) is 7.55. The van der Waals surface area contributed by atoms with Crippen LogP contribution in [0.4, 0.5) is 0 Å². The van der Waals surface area contributed by atoms with E-state index in [1.807, 2.05) is 18.2 Å². The van der Waals surface area contributed by atoms with Crippen molar-refractivity contribution >= 4 is 23.2 Å². The first-order valence-electron chi connectivity index (χ1n) is 7.86. The van der Waals surface area contributed by atoms with Gasteiger partial charge in [-0.25, -0.2) is 0 Å². The molecule has 0 bridgehead atoms. The molecule has 0 radical (unpaired) electrons. The van der Waals surface area contributed by atoms with Gasteiger partial charge < -0.3 is 5.73 Å². The number of nitrogens with zero attached hydrogens (tertiary/aromatic N) is 1. The fourth-order valence-corrected chi connectivity index (χ4v) is 3.46. The minimum atomic E-state index is -0.0318. The van der Waals surface area contributed by atoms with E-state index < -0.39 is 0 Å². The van der Waals surface area contributed by atoms with E-state index in [1.54, 1.807) is 0 Å². The summed E-state index contributed by atoms with van der Waals surface area (Å²) >= 11 is 12.3. The van der Waals surface area contributed by atoms with E-state index in [9.17, 15) is 0 Å². The summed E-state index contributed by atoms with van der Waals surface area (Å²) in [6, 6.07) is 5.64. The summed E-state index contributed by atoms with van der Waals surface area (Å²) in [4.78, 5) is 2.54. The fraction of sp³-hybridized carbons (Fsp3) is 0.647. The minimum absolute atomic E-state index is 0.0318. The van der Waals surface area contributed by atoms with E-state index in [0.717, 1.165) is 30.1 Å². The second-order valence-electron chi connectivity index (χ2n) is 6.60. The molecule has 1 aliphatic rings. The lowest BCUT2D eigenvalue weighted by Crippen LogP contribution is -2.57. The van der Waals surface area contributed by atoms with Crippen molar-refractivity contribution in [2.45, 2.75) is 57.5 Å². The number of halogens is 2. The van der Waals surface area contributed by atoms with Gasteiger partial charge in [-0.1, -0.05) is 36.0 Å². The number of hydrogen-bond donors (Lipinski definition) is 1. The number of rotatable bonds is 4. The second kappa shape index (κ2) is 7.32. The summed E-state index contributed by atoms with van der Waals surface area (Å²) in [5, 5.41) is 1.47. The SMILES string of the molecule is CC(C)(C(N)Cc1cc(Cl)ccc1Cl)N1CCCCCC1. The second-order valence-corrected chi connectivity index (χ2v) is 7.44. The van der Waals surface area contributed by atoms with Gasteiger partial charge in [0.15, 0.2) is 0 Å². The average Bonchev–Trinajstić information content (AvgIpc) is 2.72. The molecular weight excluding hydrogens is 303 g/mol. The summed E-state index contributed by atoms with van der Waals surface area (Å²) < 4.78 is 0. The zero-order valence-corrected chi connectivity index (χ0v) is 14.6. The molecule has 0 aliphatic carbocycles. The third-order valence-corrected chi connectivity index (χ3v) is 5.38. The van der Waals surface area contributed by atoms with Crippen LogP contribution in [0.3, 0.4) is 0 Å². The molecule has 1 aliphatic heterocycles. The smallest absolute Gasteiger partial charge is 0.0439 e. The minimum Gasteiger partial charge on any atom is -0.326 e. The molecule has 1 fully saturated rings. The molecule has 1 aromatic carbocycles. The summed E-state index contributed by atoms with van der Waals surface area (Å²) in [7, 11) is 0. The van der Waals surface area contributed by atoms with Gasteiger partial charge in [-0.05, 0) is 70.0 Å². The van der Waals surface area contributed by atoms with Gasteiger partial charge >= 0.3 is 0 Å². The molecule has 0 spiro atoms. The van der Waals surface area contributed by atoms with Crippen molar-refractivity contribution in [3.63, 3.8) is 0 Å². The average molecular weight is 329 g/mol. The van der Waals surface area contributed by atoms with Gasteiger partial charge in [0.05, 0.1) is 0 Å². The van der Waals surface area contributed by atoms with Crippen LogP contribution in [-0.2, 0) is 6.42 Å². The van der Waals surface area contributed by atoms with Gasteiger partial charge in [0.25, 0.3) is 0 Å². The maximum absolute atomic E-state index is 6.54. The Morgan fingerprint density at radius 1 is 1.14 bits per heavy atom. The third-order valence-electron chi connectivity index (χ3n) is 4.78. The molecule has 2 N–H and O–H groups in total. The molecule has 2 rings (SSSR count). The van der Waals surface area contributed by atoms with Gasteiger partial charge in [-0.15, -0.1) is 0 Å². The van der Waals surface area contributed by atoms with E-state index >= 15 is 0 Å². The number of benzene rings is 1. The van der Waals surface area contributed by atoms with E-state index in [2.05, 4.69) is 18.7 Å². The lowest BCUT2D eigenvalue weighted by atomic mass is 9.88. The standard InChI is InChI=1S/C17H26Cl2N2/c1-17(2,21-9-5-3-4-6-10-21)16(20)12-13-11-14(18)7-8-15(13)19/h7-8,11,16H,3-6,9-10,12,20H2,1-2H3. The summed E-state index contributed by atoms with van der Waals surface area (Å²) in [6.45, 7) is 6.79. The third kappa shape index (κ3) is 4.35. The lowest BCUT2D eigenvalue weighted by molar-refractivity contribution is 0.0979. The van der Waals surface area contributed by atoms with Crippen molar-refractivity contribution < 1.29 is 0 Å².